The van der Waals surface area contributed by atoms with E-state index in [1.807, 2.05) is 4.90 Å². The molecule has 4 nitrogen and oxygen atoms in total. The molecule has 2 heterocycles. The summed E-state index contributed by atoms with van der Waals surface area (Å²) in [6.45, 7) is 11.9. The highest BCUT2D eigenvalue weighted by Crippen LogP contribution is 2.32. The molecule has 1 aromatic heterocycles. The predicted molar refractivity (Wildman–Crippen MR) is 125 cm³/mol. The van der Waals surface area contributed by atoms with Gasteiger partial charge < -0.3 is 4.74 Å². The molecule has 158 valence electrons. The third-order valence-corrected chi connectivity index (χ3v) is 7.14. The second-order valence-electron chi connectivity index (χ2n) is 8.59. The number of thiazole rings is 1. The highest BCUT2D eigenvalue weighted by atomic mass is 32.1. The van der Waals surface area contributed by atoms with Crippen LogP contribution in [0, 0.1) is 34.6 Å². The van der Waals surface area contributed by atoms with Crippen LogP contribution in [0.25, 0.3) is 10.2 Å². The summed E-state index contributed by atoms with van der Waals surface area (Å²) in [4.78, 5) is 20.2. The van der Waals surface area contributed by atoms with Crippen LogP contribution in [0.1, 0.15) is 46.2 Å². The van der Waals surface area contributed by atoms with E-state index in [0.717, 1.165) is 40.4 Å². The van der Waals surface area contributed by atoms with E-state index in [0.29, 0.717) is 13.0 Å². The van der Waals surface area contributed by atoms with Crippen LogP contribution in [0.5, 0.6) is 0 Å². The Balaban J connectivity index is 1.68. The van der Waals surface area contributed by atoms with Gasteiger partial charge in [0, 0.05) is 6.61 Å². The minimum absolute atomic E-state index is 0.0876. The fourth-order valence-corrected chi connectivity index (χ4v) is 5.37. The Morgan fingerprint density at radius 2 is 1.77 bits per heavy atom. The summed E-state index contributed by atoms with van der Waals surface area (Å²) in [7, 11) is 0. The number of aromatic nitrogens is 1. The summed E-state index contributed by atoms with van der Waals surface area (Å²) in [6.07, 6.45) is 2.53. The van der Waals surface area contributed by atoms with Crippen molar-refractivity contribution < 1.29 is 9.53 Å². The monoisotopic (exact) mass is 422 g/mol. The number of aryl methyl sites for hydroxylation is 5. The summed E-state index contributed by atoms with van der Waals surface area (Å²) in [5, 5.41) is 0.776. The molecule has 30 heavy (non-hydrogen) atoms. The minimum Gasteiger partial charge on any atom is -0.376 e. The van der Waals surface area contributed by atoms with Crippen molar-refractivity contribution in [1.29, 1.82) is 0 Å². The fraction of sp³-hybridized carbons (Fsp3) is 0.440. The van der Waals surface area contributed by atoms with Gasteiger partial charge in [-0.25, -0.2) is 4.98 Å². The van der Waals surface area contributed by atoms with Crippen molar-refractivity contribution in [2.45, 2.75) is 60.0 Å². The summed E-state index contributed by atoms with van der Waals surface area (Å²) in [5.41, 5.74) is 8.14. The first kappa shape index (κ1) is 21.0. The van der Waals surface area contributed by atoms with Gasteiger partial charge in [0.1, 0.15) is 0 Å². The first-order chi connectivity index (χ1) is 14.3. The van der Waals surface area contributed by atoms with Crippen molar-refractivity contribution in [3.63, 3.8) is 0 Å². The van der Waals surface area contributed by atoms with E-state index < -0.39 is 0 Å². The molecule has 5 heteroatoms. The SMILES string of the molecule is Cc1cc(C)c(CC(=O)N(CC2CCCO2)c2nc3cc(C)c(C)cc3s2)c(C)c1. The van der Waals surface area contributed by atoms with E-state index in [1.54, 1.807) is 11.3 Å². The molecule has 0 saturated carbocycles. The van der Waals surface area contributed by atoms with Gasteiger partial charge >= 0.3 is 0 Å². The third kappa shape index (κ3) is 4.28. The van der Waals surface area contributed by atoms with Crippen molar-refractivity contribution in [3.8, 4) is 0 Å². The average Bonchev–Trinajstić information content (AvgIpc) is 3.32. The molecule has 0 radical (unpaired) electrons. The van der Waals surface area contributed by atoms with Gasteiger partial charge in [-0.1, -0.05) is 29.0 Å². The predicted octanol–water partition coefficient (Wildman–Crippen LogP) is 5.59. The van der Waals surface area contributed by atoms with E-state index in [-0.39, 0.29) is 12.0 Å². The number of carbonyl (C=O) groups is 1. The Morgan fingerprint density at radius 3 is 2.43 bits per heavy atom. The van der Waals surface area contributed by atoms with E-state index in [4.69, 9.17) is 9.72 Å². The number of anilines is 1. The van der Waals surface area contributed by atoms with Crippen LogP contribution in [0.2, 0.25) is 0 Å². The van der Waals surface area contributed by atoms with Crippen LogP contribution >= 0.6 is 11.3 Å². The first-order valence-corrected chi connectivity index (χ1v) is 11.5. The van der Waals surface area contributed by atoms with E-state index >= 15 is 0 Å². The molecular weight excluding hydrogens is 392 g/mol. The second-order valence-corrected chi connectivity index (χ2v) is 9.60. The van der Waals surface area contributed by atoms with Gasteiger partial charge in [-0.2, -0.15) is 0 Å². The third-order valence-electron chi connectivity index (χ3n) is 6.10. The van der Waals surface area contributed by atoms with Gasteiger partial charge in [-0.15, -0.1) is 0 Å². The van der Waals surface area contributed by atoms with Crippen LogP contribution in [-0.4, -0.2) is 30.1 Å². The maximum Gasteiger partial charge on any atom is 0.233 e. The Kier molecular flexibility index (Phi) is 5.94. The highest BCUT2D eigenvalue weighted by molar-refractivity contribution is 7.22. The van der Waals surface area contributed by atoms with E-state index in [1.165, 1.54) is 27.8 Å². The van der Waals surface area contributed by atoms with Gasteiger partial charge in [0.15, 0.2) is 5.13 Å². The van der Waals surface area contributed by atoms with E-state index in [9.17, 15) is 4.79 Å². The minimum atomic E-state index is 0.0876. The molecule has 2 aromatic carbocycles. The Hall–Kier alpha value is -2.24. The molecule has 3 aromatic rings. The molecule has 1 fully saturated rings. The number of fused-ring (bicyclic) bond motifs is 1. The molecular formula is C25H30N2O2S. The lowest BCUT2D eigenvalue weighted by Crippen LogP contribution is -2.38. The fourth-order valence-electron chi connectivity index (χ4n) is 4.30. The topological polar surface area (TPSA) is 42.4 Å². The summed E-state index contributed by atoms with van der Waals surface area (Å²) in [6, 6.07) is 8.61. The van der Waals surface area contributed by atoms with Crippen LogP contribution in [0.3, 0.4) is 0 Å². The second kappa shape index (κ2) is 8.48. The molecule has 1 saturated heterocycles. The Morgan fingerprint density at radius 1 is 1.07 bits per heavy atom. The molecule has 0 bridgehead atoms. The van der Waals surface area contributed by atoms with Gasteiger partial charge in [0.05, 0.1) is 29.3 Å². The number of ether oxygens (including phenoxy) is 1. The summed E-state index contributed by atoms with van der Waals surface area (Å²) in [5.74, 6) is 0.0908. The molecule has 1 aliphatic rings. The molecule has 0 N–H and O–H groups in total. The van der Waals surface area contributed by atoms with Crippen molar-refractivity contribution in [2.24, 2.45) is 0 Å². The molecule has 4 rings (SSSR count). The van der Waals surface area contributed by atoms with Crippen molar-refractivity contribution in [3.05, 3.63) is 57.6 Å². The molecule has 1 unspecified atom stereocenters. The lowest BCUT2D eigenvalue weighted by molar-refractivity contribution is -0.118. The average molecular weight is 423 g/mol. The van der Waals surface area contributed by atoms with E-state index in [2.05, 4.69) is 58.9 Å². The summed E-state index contributed by atoms with van der Waals surface area (Å²) >= 11 is 1.60. The van der Waals surface area contributed by atoms with Crippen molar-refractivity contribution in [1.82, 2.24) is 4.98 Å². The number of nitrogens with zero attached hydrogens (tertiary/aromatic N) is 2. The zero-order chi connectivity index (χ0) is 21.4. The van der Waals surface area contributed by atoms with Crippen LogP contribution in [0.15, 0.2) is 24.3 Å². The maximum atomic E-state index is 13.5. The number of carbonyl (C=O) groups excluding carboxylic acids is 1. The highest BCUT2D eigenvalue weighted by Gasteiger charge is 2.27. The standard InChI is InChI=1S/C25H30N2O2S/c1-15-9-18(4)21(19(5)10-15)13-24(28)27(14-20-7-6-8-29-20)25-26-22-11-16(2)17(3)12-23(22)30-25/h9-12,20H,6-8,13-14H2,1-5H3. The molecule has 0 spiro atoms. The van der Waals surface area contributed by atoms with Gasteiger partial charge in [-0.3, -0.25) is 9.69 Å². The van der Waals surface area contributed by atoms with Gasteiger partial charge in [0.2, 0.25) is 5.91 Å². The Bertz CT molecular complexity index is 1030. The molecule has 0 aliphatic carbocycles. The number of rotatable bonds is 5. The number of hydrogen-bond donors (Lipinski definition) is 0. The number of amides is 1. The molecule has 1 atom stereocenters. The lowest BCUT2D eigenvalue weighted by atomic mass is 9.97. The maximum absolute atomic E-state index is 13.5. The Labute approximate surface area is 182 Å². The number of benzene rings is 2. The lowest BCUT2D eigenvalue weighted by Gasteiger charge is -2.24. The molecule has 1 amide bonds. The smallest absolute Gasteiger partial charge is 0.233 e. The normalized spacial score (nSPS) is 16.4. The van der Waals surface area contributed by atoms with Gasteiger partial charge in [0.25, 0.3) is 0 Å². The van der Waals surface area contributed by atoms with Crippen LogP contribution < -0.4 is 4.90 Å². The van der Waals surface area contributed by atoms with Gasteiger partial charge in [-0.05, 0) is 87.4 Å². The zero-order valence-corrected chi connectivity index (χ0v) is 19.4. The van der Waals surface area contributed by atoms with Crippen LogP contribution in [0.4, 0.5) is 5.13 Å². The summed E-state index contributed by atoms with van der Waals surface area (Å²) < 4.78 is 6.99. The van der Waals surface area contributed by atoms with Crippen LogP contribution in [-0.2, 0) is 16.0 Å². The largest absolute Gasteiger partial charge is 0.376 e. The molecule has 1 aliphatic heterocycles. The van der Waals surface area contributed by atoms with Crippen molar-refractivity contribution in [2.75, 3.05) is 18.1 Å². The number of hydrogen-bond acceptors (Lipinski definition) is 4. The first-order valence-electron chi connectivity index (χ1n) is 10.7. The van der Waals surface area contributed by atoms with Crippen molar-refractivity contribution >= 4 is 32.6 Å². The zero-order valence-electron chi connectivity index (χ0n) is 18.5. The quantitative estimate of drug-likeness (QED) is 0.538.